The number of anilines is 1. The minimum absolute atomic E-state index is 0.131. The van der Waals surface area contributed by atoms with Crippen LogP contribution in [0.2, 0.25) is 0 Å². The van der Waals surface area contributed by atoms with Gasteiger partial charge in [-0.2, -0.15) is 0 Å². The zero-order valence-electron chi connectivity index (χ0n) is 9.87. The van der Waals surface area contributed by atoms with Crippen LogP contribution in [0, 0.1) is 12.7 Å². The molecule has 0 bridgehead atoms. The van der Waals surface area contributed by atoms with E-state index in [1.165, 1.54) is 0 Å². The molecule has 2 rings (SSSR count). The van der Waals surface area contributed by atoms with Gasteiger partial charge in [-0.05, 0) is 31.0 Å². The lowest BCUT2D eigenvalue weighted by Crippen LogP contribution is -2.52. The van der Waals surface area contributed by atoms with Crippen LogP contribution >= 0.6 is 0 Å². The molecule has 2 nitrogen and oxygen atoms in total. The molecule has 16 heavy (non-hydrogen) atoms. The number of aryl methyl sites for hydroxylation is 1. The number of rotatable bonds is 4. The van der Waals surface area contributed by atoms with E-state index in [9.17, 15) is 4.39 Å². The first-order valence-electron chi connectivity index (χ1n) is 5.83. The third-order valence-corrected chi connectivity index (χ3v) is 2.85. The lowest BCUT2D eigenvalue weighted by Gasteiger charge is -2.40. The number of hydrogen-bond acceptors (Lipinski definition) is 2. The Labute approximate surface area is 96.0 Å². The summed E-state index contributed by atoms with van der Waals surface area (Å²) in [5.74, 6) is -0.131. The molecule has 1 aromatic rings. The maximum absolute atomic E-state index is 13.6. The van der Waals surface area contributed by atoms with Crippen LogP contribution in [0.25, 0.3) is 0 Å². The molecule has 0 radical (unpaired) electrons. The van der Waals surface area contributed by atoms with Crippen molar-refractivity contribution in [1.82, 2.24) is 0 Å². The Morgan fingerprint density at radius 2 is 2.19 bits per heavy atom. The van der Waals surface area contributed by atoms with Crippen LogP contribution in [0.1, 0.15) is 18.9 Å². The Kier molecular flexibility index (Phi) is 3.44. The highest BCUT2D eigenvalue weighted by Gasteiger charge is 2.28. The standard InChI is InChI=1S/C13H18FNO/c1-3-6-16-11-8-15(9-11)13-5-4-10(2)7-12(13)14/h4-5,7,11H,3,6,8-9H2,1-2H3. The van der Waals surface area contributed by atoms with Gasteiger partial charge in [0.15, 0.2) is 0 Å². The Morgan fingerprint density at radius 3 is 2.81 bits per heavy atom. The third-order valence-electron chi connectivity index (χ3n) is 2.85. The largest absolute Gasteiger partial charge is 0.375 e. The third kappa shape index (κ3) is 2.35. The maximum atomic E-state index is 13.6. The van der Waals surface area contributed by atoms with Gasteiger partial charge in [-0.3, -0.25) is 0 Å². The Morgan fingerprint density at radius 1 is 1.44 bits per heavy atom. The van der Waals surface area contributed by atoms with Crippen LogP contribution in [-0.2, 0) is 4.74 Å². The molecule has 0 amide bonds. The van der Waals surface area contributed by atoms with Crippen LogP contribution in [0.4, 0.5) is 10.1 Å². The molecule has 88 valence electrons. The molecule has 0 atom stereocenters. The van der Waals surface area contributed by atoms with Gasteiger partial charge in [0.2, 0.25) is 0 Å². The molecule has 1 aliphatic rings. The predicted octanol–water partition coefficient (Wildman–Crippen LogP) is 2.75. The predicted molar refractivity (Wildman–Crippen MR) is 63.4 cm³/mol. The number of nitrogens with zero attached hydrogens (tertiary/aromatic N) is 1. The smallest absolute Gasteiger partial charge is 0.146 e. The molecule has 1 aliphatic heterocycles. The van der Waals surface area contributed by atoms with Gasteiger partial charge in [0.25, 0.3) is 0 Å². The van der Waals surface area contributed by atoms with Crippen molar-refractivity contribution in [3.63, 3.8) is 0 Å². The van der Waals surface area contributed by atoms with Crippen LogP contribution in [0.15, 0.2) is 18.2 Å². The van der Waals surface area contributed by atoms with Crippen molar-refractivity contribution in [1.29, 1.82) is 0 Å². The highest BCUT2D eigenvalue weighted by atomic mass is 19.1. The van der Waals surface area contributed by atoms with E-state index in [4.69, 9.17) is 4.74 Å². The number of halogens is 1. The highest BCUT2D eigenvalue weighted by Crippen LogP contribution is 2.26. The molecule has 0 aromatic heterocycles. The van der Waals surface area contributed by atoms with Crippen molar-refractivity contribution < 1.29 is 9.13 Å². The average molecular weight is 223 g/mol. The van der Waals surface area contributed by atoms with Crippen molar-refractivity contribution >= 4 is 5.69 Å². The van der Waals surface area contributed by atoms with Crippen LogP contribution in [0.3, 0.4) is 0 Å². The Bertz CT molecular complexity index is 361. The second-order valence-electron chi connectivity index (χ2n) is 4.35. The molecule has 0 aliphatic carbocycles. The molecule has 3 heteroatoms. The fraction of sp³-hybridized carbons (Fsp3) is 0.538. The minimum Gasteiger partial charge on any atom is -0.375 e. The second kappa shape index (κ2) is 4.83. The van der Waals surface area contributed by atoms with Gasteiger partial charge < -0.3 is 9.64 Å². The van der Waals surface area contributed by atoms with Gasteiger partial charge in [-0.25, -0.2) is 4.39 Å². The number of benzene rings is 1. The molecule has 0 unspecified atom stereocenters. The summed E-state index contributed by atoms with van der Waals surface area (Å²) < 4.78 is 19.2. The summed E-state index contributed by atoms with van der Waals surface area (Å²) >= 11 is 0. The van der Waals surface area contributed by atoms with Gasteiger partial charge in [-0.1, -0.05) is 13.0 Å². The average Bonchev–Trinajstić information content (AvgIpc) is 2.18. The molecule has 0 spiro atoms. The first-order chi connectivity index (χ1) is 7.70. The molecule has 1 aromatic carbocycles. The molecule has 0 N–H and O–H groups in total. The Hall–Kier alpha value is -1.09. The molecule has 1 saturated heterocycles. The first-order valence-corrected chi connectivity index (χ1v) is 5.83. The molecule has 0 saturated carbocycles. The minimum atomic E-state index is -0.131. The summed E-state index contributed by atoms with van der Waals surface area (Å²) in [7, 11) is 0. The van der Waals surface area contributed by atoms with E-state index in [1.807, 2.05) is 24.0 Å². The topological polar surface area (TPSA) is 12.5 Å². The maximum Gasteiger partial charge on any atom is 0.146 e. The van der Waals surface area contributed by atoms with Crippen molar-refractivity contribution in [2.75, 3.05) is 24.6 Å². The van der Waals surface area contributed by atoms with E-state index in [0.717, 1.165) is 31.7 Å². The SMILES string of the molecule is CCCOC1CN(c2ccc(C)cc2F)C1. The summed E-state index contributed by atoms with van der Waals surface area (Å²) in [6, 6.07) is 5.37. The zero-order valence-corrected chi connectivity index (χ0v) is 9.87. The fourth-order valence-corrected chi connectivity index (χ4v) is 1.89. The van der Waals surface area contributed by atoms with Gasteiger partial charge in [0, 0.05) is 19.7 Å². The van der Waals surface area contributed by atoms with Crippen LogP contribution in [0.5, 0.6) is 0 Å². The summed E-state index contributed by atoms with van der Waals surface area (Å²) in [5, 5.41) is 0. The van der Waals surface area contributed by atoms with Crippen LogP contribution in [-0.4, -0.2) is 25.8 Å². The monoisotopic (exact) mass is 223 g/mol. The van der Waals surface area contributed by atoms with E-state index in [-0.39, 0.29) is 11.9 Å². The lowest BCUT2D eigenvalue weighted by molar-refractivity contribution is 0.0345. The van der Waals surface area contributed by atoms with Crippen LogP contribution < -0.4 is 4.90 Å². The molecule has 1 heterocycles. The Balaban J connectivity index is 1.91. The summed E-state index contributed by atoms with van der Waals surface area (Å²) in [4.78, 5) is 2.02. The summed E-state index contributed by atoms with van der Waals surface area (Å²) in [6.07, 6.45) is 1.32. The molecular formula is C13H18FNO. The first kappa shape index (κ1) is 11.4. The molecular weight excluding hydrogens is 205 g/mol. The zero-order chi connectivity index (χ0) is 11.5. The van der Waals surface area contributed by atoms with E-state index in [1.54, 1.807) is 6.07 Å². The second-order valence-corrected chi connectivity index (χ2v) is 4.35. The summed E-state index contributed by atoms with van der Waals surface area (Å²) in [6.45, 7) is 6.40. The normalized spacial score (nSPS) is 16.3. The molecule has 1 fully saturated rings. The van der Waals surface area contributed by atoms with E-state index >= 15 is 0 Å². The van der Waals surface area contributed by atoms with E-state index < -0.39 is 0 Å². The lowest BCUT2D eigenvalue weighted by atomic mass is 10.1. The van der Waals surface area contributed by atoms with Gasteiger partial charge in [0.05, 0.1) is 11.8 Å². The van der Waals surface area contributed by atoms with Gasteiger partial charge >= 0.3 is 0 Å². The summed E-state index contributed by atoms with van der Waals surface area (Å²) in [5.41, 5.74) is 1.66. The highest BCUT2D eigenvalue weighted by molar-refractivity contribution is 5.51. The van der Waals surface area contributed by atoms with Crippen molar-refractivity contribution in [2.45, 2.75) is 26.4 Å². The number of hydrogen-bond donors (Lipinski definition) is 0. The quantitative estimate of drug-likeness (QED) is 0.778. The van der Waals surface area contributed by atoms with Gasteiger partial charge in [-0.15, -0.1) is 0 Å². The van der Waals surface area contributed by atoms with Gasteiger partial charge in [0.1, 0.15) is 5.82 Å². The fourth-order valence-electron chi connectivity index (χ4n) is 1.89. The van der Waals surface area contributed by atoms with Crippen molar-refractivity contribution in [3.8, 4) is 0 Å². The number of ether oxygens (including phenoxy) is 1. The van der Waals surface area contributed by atoms with Crippen molar-refractivity contribution in [2.24, 2.45) is 0 Å². The van der Waals surface area contributed by atoms with Crippen molar-refractivity contribution in [3.05, 3.63) is 29.6 Å². The van der Waals surface area contributed by atoms with E-state index in [0.29, 0.717) is 5.69 Å². The van der Waals surface area contributed by atoms with E-state index in [2.05, 4.69) is 6.92 Å².